The number of carbonyl (C=O) groups excluding carboxylic acids is 2. The second-order valence-electron chi connectivity index (χ2n) is 18.6. The molecule has 0 aliphatic heterocycles. The van der Waals surface area contributed by atoms with Gasteiger partial charge >= 0.3 is 11.9 Å². The predicted molar refractivity (Wildman–Crippen MR) is 248 cm³/mol. The highest BCUT2D eigenvalue weighted by Gasteiger charge is 2.29. The summed E-state index contributed by atoms with van der Waals surface area (Å²) >= 11 is 0. The SMILES string of the molecule is CCCCC[C@H]1CC[C@H](c2cc(F)c(OC(=O)c3ccc4c5cccc6c(C(=O)Oc7c(F)cc([C@H]8CC[C@H](CCCCC)CC8)cc7F)ccc(c7cccc3c74)c65)c(F)c2)CC1. The van der Waals surface area contributed by atoms with Gasteiger partial charge in [-0.05, 0) is 166 Å². The first-order valence-electron chi connectivity index (χ1n) is 23.7. The van der Waals surface area contributed by atoms with Crippen LogP contribution in [0.1, 0.15) is 160 Å². The number of benzene rings is 7. The molecule has 7 aromatic rings. The lowest BCUT2D eigenvalue weighted by atomic mass is 9.77. The number of carbonyl (C=O) groups is 2. The van der Waals surface area contributed by atoms with Crippen molar-refractivity contribution in [3.63, 3.8) is 0 Å². The highest BCUT2D eigenvalue weighted by molar-refractivity contribution is 6.35. The molecule has 9 rings (SSSR count). The highest BCUT2D eigenvalue weighted by Crippen LogP contribution is 2.44. The van der Waals surface area contributed by atoms with Gasteiger partial charge in [0.1, 0.15) is 0 Å². The van der Waals surface area contributed by atoms with Crippen molar-refractivity contribution in [3.05, 3.63) is 130 Å². The molecule has 0 unspecified atom stereocenters. The first-order valence-corrected chi connectivity index (χ1v) is 23.7. The van der Waals surface area contributed by atoms with Crippen molar-refractivity contribution in [1.82, 2.24) is 0 Å². The second-order valence-corrected chi connectivity index (χ2v) is 18.6. The first kappa shape index (κ1) is 43.7. The molecule has 0 aromatic heterocycles. The molecule has 2 saturated carbocycles. The van der Waals surface area contributed by atoms with Crippen LogP contribution in [-0.4, -0.2) is 11.9 Å². The third kappa shape index (κ3) is 8.57. The Morgan fingerprint density at radius 1 is 0.469 bits per heavy atom. The molecule has 332 valence electrons. The van der Waals surface area contributed by atoms with Crippen LogP contribution < -0.4 is 9.47 Å². The summed E-state index contributed by atoms with van der Waals surface area (Å²) in [5, 5.41) is 5.64. The Hall–Kier alpha value is -5.50. The minimum absolute atomic E-state index is 0.0632. The number of hydrogen-bond acceptors (Lipinski definition) is 4. The van der Waals surface area contributed by atoms with Crippen LogP contribution in [0.5, 0.6) is 11.5 Å². The van der Waals surface area contributed by atoms with Crippen molar-refractivity contribution in [2.45, 2.75) is 128 Å². The molecule has 0 saturated heterocycles. The van der Waals surface area contributed by atoms with Gasteiger partial charge in [0.05, 0.1) is 11.1 Å². The van der Waals surface area contributed by atoms with Gasteiger partial charge in [0.2, 0.25) is 11.5 Å². The monoisotopic (exact) mass is 868 g/mol. The molecule has 0 atom stereocenters. The minimum atomic E-state index is -0.904. The summed E-state index contributed by atoms with van der Waals surface area (Å²) in [7, 11) is 0. The number of fused-ring (bicyclic) bond motifs is 2. The summed E-state index contributed by atoms with van der Waals surface area (Å²) in [5.74, 6) is -5.38. The smallest absolute Gasteiger partial charge is 0.344 e. The molecule has 2 aliphatic rings. The Labute approximate surface area is 372 Å². The average Bonchev–Trinajstić information content (AvgIpc) is 3.30. The van der Waals surface area contributed by atoms with Crippen LogP contribution in [0.25, 0.3) is 43.1 Å². The maximum atomic E-state index is 15.6. The fourth-order valence-corrected chi connectivity index (χ4v) is 11.1. The molecule has 0 N–H and O–H groups in total. The highest BCUT2D eigenvalue weighted by atomic mass is 19.1. The van der Waals surface area contributed by atoms with Crippen LogP contribution in [-0.2, 0) is 0 Å². The number of unbranched alkanes of at least 4 members (excludes halogenated alkanes) is 4. The van der Waals surface area contributed by atoms with E-state index in [0.29, 0.717) is 33.7 Å². The van der Waals surface area contributed by atoms with E-state index in [2.05, 4.69) is 13.8 Å². The Morgan fingerprint density at radius 3 is 1.17 bits per heavy atom. The van der Waals surface area contributed by atoms with E-state index >= 15 is 17.6 Å². The van der Waals surface area contributed by atoms with E-state index in [0.717, 1.165) is 83.7 Å². The summed E-state index contributed by atoms with van der Waals surface area (Å²) < 4.78 is 73.5. The Balaban J connectivity index is 0.957. The molecule has 2 fully saturated rings. The molecular weight excluding hydrogens is 813 g/mol. The third-order valence-corrected chi connectivity index (χ3v) is 14.6. The fourth-order valence-electron chi connectivity index (χ4n) is 11.1. The molecule has 0 radical (unpaired) electrons. The summed E-state index contributed by atoms with van der Waals surface area (Å²) in [6.45, 7) is 4.40. The number of esters is 2. The fraction of sp³-hybridized carbons (Fsp3) is 0.393. The second kappa shape index (κ2) is 18.9. The van der Waals surface area contributed by atoms with Gasteiger partial charge in [0.15, 0.2) is 23.3 Å². The Kier molecular flexibility index (Phi) is 12.9. The van der Waals surface area contributed by atoms with Crippen molar-refractivity contribution in [2.24, 2.45) is 11.8 Å². The number of ether oxygens (including phenoxy) is 2. The van der Waals surface area contributed by atoms with E-state index in [1.165, 1.54) is 75.6 Å². The zero-order valence-electron chi connectivity index (χ0n) is 36.9. The Bertz CT molecular complexity index is 2570. The standard InChI is InChI=1S/C56H56F4O4/c1-3-5-7-11-33-17-21-35(22-18-33)37-29-47(57)53(48(58)30-37)63-55(61)45-27-25-43-40-14-10-16-42-46(28-26-44(52(40)42)39-13-9-15-41(45)51(39)43)56(62)64-54-49(59)31-38(32-50(54)60)36-23-19-34(20-24-36)12-8-6-4-2/h9-10,13-16,25-36H,3-8,11-12,17-24H2,1-2H3/t33-,34-,35-,36-. The van der Waals surface area contributed by atoms with Gasteiger partial charge in [0.25, 0.3) is 0 Å². The van der Waals surface area contributed by atoms with Crippen LogP contribution in [0.15, 0.2) is 84.9 Å². The van der Waals surface area contributed by atoms with Gasteiger partial charge in [0, 0.05) is 0 Å². The van der Waals surface area contributed by atoms with Crippen molar-refractivity contribution in [1.29, 1.82) is 0 Å². The van der Waals surface area contributed by atoms with Crippen LogP contribution in [0, 0.1) is 35.1 Å². The molecule has 2 aliphatic carbocycles. The molecule has 0 spiro atoms. The molecule has 0 amide bonds. The summed E-state index contributed by atoms with van der Waals surface area (Å²) in [6.07, 6.45) is 17.4. The van der Waals surface area contributed by atoms with Gasteiger partial charge in [-0.1, -0.05) is 114 Å². The van der Waals surface area contributed by atoms with E-state index < -0.39 is 46.7 Å². The zero-order chi connectivity index (χ0) is 44.5. The van der Waals surface area contributed by atoms with Gasteiger partial charge in [-0.2, -0.15) is 0 Å². The van der Waals surface area contributed by atoms with Crippen molar-refractivity contribution < 1.29 is 36.6 Å². The molecule has 64 heavy (non-hydrogen) atoms. The maximum absolute atomic E-state index is 15.6. The normalized spacial score (nSPS) is 19.2. The number of halogens is 4. The van der Waals surface area contributed by atoms with Gasteiger partial charge < -0.3 is 9.47 Å². The molecule has 0 bridgehead atoms. The summed E-state index contributed by atoms with van der Waals surface area (Å²) in [4.78, 5) is 27.7. The lowest BCUT2D eigenvalue weighted by molar-refractivity contribution is 0.0713. The van der Waals surface area contributed by atoms with Gasteiger partial charge in [-0.3, -0.25) is 0 Å². The lowest BCUT2D eigenvalue weighted by Gasteiger charge is -2.29. The van der Waals surface area contributed by atoms with E-state index in [9.17, 15) is 9.59 Å². The van der Waals surface area contributed by atoms with Gasteiger partial charge in [-0.25, -0.2) is 27.2 Å². The number of rotatable bonds is 14. The topological polar surface area (TPSA) is 52.6 Å². The van der Waals surface area contributed by atoms with E-state index in [4.69, 9.17) is 9.47 Å². The first-order chi connectivity index (χ1) is 31.1. The van der Waals surface area contributed by atoms with Crippen LogP contribution in [0.2, 0.25) is 0 Å². The third-order valence-electron chi connectivity index (χ3n) is 14.6. The molecule has 7 aromatic carbocycles. The van der Waals surface area contributed by atoms with Crippen LogP contribution in [0.4, 0.5) is 17.6 Å². The van der Waals surface area contributed by atoms with E-state index in [1.54, 1.807) is 48.5 Å². The van der Waals surface area contributed by atoms with E-state index in [1.807, 2.05) is 12.1 Å². The Morgan fingerprint density at radius 2 is 0.812 bits per heavy atom. The van der Waals surface area contributed by atoms with Crippen LogP contribution >= 0.6 is 0 Å². The van der Waals surface area contributed by atoms with Crippen molar-refractivity contribution in [2.75, 3.05) is 0 Å². The average molecular weight is 869 g/mol. The molecule has 8 heteroatoms. The molecule has 0 heterocycles. The van der Waals surface area contributed by atoms with Gasteiger partial charge in [-0.15, -0.1) is 0 Å². The predicted octanol–water partition coefficient (Wildman–Crippen LogP) is 16.4. The summed E-state index contributed by atoms with van der Waals surface area (Å²) in [5.41, 5.74) is 1.49. The largest absolute Gasteiger partial charge is 0.417 e. The zero-order valence-corrected chi connectivity index (χ0v) is 36.9. The molecule has 4 nitrogen and oxygen atoms in total. The number of hydrogen-bond donors (Lipinski definition) is 0. The van der Waals surface area contributed by atoms with E-state index in [-0.39, 0.29) is 23.0 Å². The molecular formula is C56H56F4O4. The maximum Gasteiger partial charge on any atom is 0.344 e. The quantitative estimate of drug-likeness (QED) is 0.0273. The van der Waals surface area contributed by atoms with Crippen LogP contribution in [0.3, 0.4) is 0 Å². The lowest BCUT2D eigenvalue weighted by Crippen LogP contribution is -2.15. The van der Waals surface area contributed by atoms with Crippen molar-refractivity contribution in [3.8, 4) is 11.5 Å². The van der Waals surface area contributed by atoms with Crippen molar-refractivity contribution >= 4 is 55.0 Å². The summed E-state index contributed by atoms with van der Waals surface area (Å²) in [6, 6.07) is 22.9. The minimum Gasteiger partial charge on any atom is -0.417 e.